The lowest BCUT2D eigenvalue weighted by Gasteiger charge is -2.31. The zero-order chi connectivity index (χ0) is 23.3. The number of alkyl halides is 3. The Kier molecular flexibility index (Phi) is 7.29. The van der Waals surface area contributed by atoms with Crippen molar-refractivity contribution in [1.82, 2.24) is 24.6 Å². The van der Waals surface area contributed by atoms with Crippen molar-refractivity contribution in [3.63, 3.8) is 0 Å². The number of piperidine rings is 1. The molecule has 11 heteroatoms. The minimum atomic E-state index is -4.45. The van der Waals surface area contributed by atoms with Crippen molar-refractivity contribution in [2.75, 3.05) is 13.1 Å². The molecule has 3 aromatic rings. The number of halogens is 3. The van der Waals surface area contributed by atoms with E-state index in [2.05, 4.69) is 15.1 Å². The van der Waals surface area contributed by atoms with Crippen LogP contribution in [0.4, 0.5) is 13.2 Å². The van der Waals surface area contributed by atoms with Crippen LogP contribution in [-0.2, 0) is 11.8 Å². The van der Waals surface area contributed by atoms with E-state index in [9.17, 15) is 27.9 Å². The van der Waals surface area contributed by atoms with Gasteiger partial charge in [-0.1, -0.05) is 30.3 Å². The number of nitrogens with one attached hydrogen (secondary N) is 1. The van der Waals surface area contributed by atoms with Gasteiger partial charge in [-0.15, -0.1) is 0 Å². The van der Waals surface area contributed by atoms with Gasteiger partial charge in [0.15, 0.2) is 5.52 Å². The molecular formula is C21H24F3N5O3. The Hall–Kier alpha value is -3.21. The summed E-state index contributed by atoms with van der Waals surface area (Å²) in [6.07, 6.45) is -1.57. The molecule has 0 spiro atoms. The van der Waals surface area contributed by atoms with Crippen LogP contribution < -0.4 is 5.56 Å². The van der Waals surface area contributed by atoms with Gasteiger partial charge in [0.25, 0.3) is 5.56 Å². The first-order valence-electron chi connectivity index (χ1n) is 10.1. The number of amides is 1. The molecule has 1 saturated heterocycles. The summed E-state index contributed by atoms with van der Waals surface area (Å²) in [6.45, 7) is 0.638. The maximum atomic E-state index is 13.2. The fourth-order valence-corrected chi connectivity index (χ4v) is 3.49. The normalized spacial score (nSPS) is 15.8. The monoisotopic (exact) mass is 451 g/mol. The zero-order valence-electron chi connectivity index (χ0n) is 17.4. The largest absolute Gasteiger partial charge is 0.396 e. The second kappa shape index (κ2) is 9.94. The number of benzene rings is 1. The highest BCUT2D eigenvalue weighted by Gasteiger charge is 2.42. The lowest BCUT2D eigenvalue weighted by molar-refractivity contribution is -0.161. The number of carbonyl (C=O) groups excluding carboxylic acids is 1. The Labute approximate surface area is 181 Å². The van der Waals surface area contributed by atoms with Gasteiger partial charge >= 0.3 is 6.18 Å². The number of aromatic nitrogens is 4. The van der Waals surface area contributed by atoms with E-state index in [1.165, 1.54) is 35.5 Å². The number of H-pyrrole nitrogens is 1. The molecule has 0 bridgehead atoms. The molecular weight excluding hydrogens is 427 g/mol. The standard InChI is InChI=1S/C15H18F3NO2.C6H6N4O/c16-15(17,18)13(11-4-2-1-3-5-11)10-14(21)19-8-6-12(20)7-9-19;1-10-2-4-5(9-10)6(11)8-3-7-4/h1-5,12-13,20H,6-10H2;2-3H,1H3,(H,7,8,11). The van der Waals surface area contributed by atoms with Crippen LogP contribution in [0.15, 0.2) is 47.7 Å². The third kappa shape index (κ3) is 5.94. The van der Waals surface area contributed by atoms with E-state index in [1.54, 1.807) is 24.0 Å². The summed E-state index contributed by atoms with van der Waals surface area (Å²) in [5.74, 6) is -2.29. The summed E-state index contributed by atoms with van der Waals surface area (Å²) in [5, 5.41) is 13.3. The Morgan fingerprint density at radius 1 is 1.25 bits per heavy atom. The van der Waals surface area contributed by atoms with Gasteiger partial charge in [-0.2, -0.15) is 18.3 Å². The van der Waals surface area contributed by atoms with Crippen molar-refractivity contribution in [2.45, 2.75) is 37.5 Å². The maximum Gasteiger partial charge on any atom is 0.396 e. The summed E-state index contributed by atoms with van der Waals surface area (Å²) in [7, 11) is 1.75. The molecule has 172 valence electrons. The van der Waals surface area contributed by atoms with Crippen molar-refractivity contribution < 1.29 is 23.1 Å². The summed E-state index contributed by atoms with van der Waals surface area (Å²) in [5.41, 5.74) is 0.914. The van der Waals surface area contributed by atoms with Crippen LogP contribution in [0.5, 0.6) is 0 Å². The first kappa shape index (κ1) is 23.5. The number of aliphatic hydroxyl groups excluding tert-OH is 1. The predicted molar refractivity (Wildman–Crippen MR) is 111 cm³/mol. The lowest BCUT2D eigenvalue weighted by atomic mass is 9.94. The van der Waals surface area contributed by atoms with E-state index >= 15 is 0 Å². The number of aryl methyl sites for hydroxylation is 1. The quantitative estimate of drug-likeness (QED) is 0.636. The van der Waals surface area contributed by atoms with Crippen molar-refractivity contribution >= 4 is 16.9 Å². The van der Waals surface area contributed by atoms with Gasteiger partial charge in [-0.3, -0.25) is 14.3 Å². The molecule has 1 aliphatic heterocycles. The van der Waals surface area contributed by atoms with Crippen molar-refractivity contribution in [2.24, 2.45) is 7.05 Å². The number of fused-ring (bicyclic) bond motifs is 1. The highest BCUT2D eigenvalue weighted by Crippen LogP contribution is 2.37. The molecule has 1 aromatic carbocycles. The van der Waals surface area contributed by atoms with Crippen molar-refractivity contribution in [1.29, 1.82) is 0 Å². The van der Waals surface area contributed by atoms with Crippen LogP contribution in [0.1, 0.15) is 30.7 Å². The van der Waals surface area contributed by atoms with Gasteiger partial charge in [0.2, 0.25) is 5.91 Å². The van der Waals surface area contributed by atoms with E-state index < -0.39 is 30.5 Å². The van der Waals surface area contributed by atoms with Crippen molar-refractivity contribution in [3.05, 3.63) is 58.8 Å². The molecule has 1 unspecified atom stereocenters. The SMILES string of the molecule is Cn1cc2nc[nH]c(=O)c2n1.O=C(CC(c1ccccc1)C(F)(F)F)N1CCC(O)CC1. The molecule has 8 nitrogen and oxygen atoms in total. The van der Waals surface area contributed by atoms with Gasteiger partial charge in [0.05, 0.1) is 24.5 Å². The van der Waals surface area contributed by atoms with E-state index in [0.29, 0.717) is 37.0 Å². The van der Waals surface area contributed by atoms with Gasteiger partial charge in [-0.25, -0.2) is 4.98 Å². The third-order valence-corrected chi connectivity index (χ3v) is 5.22. The zero-order valence-corrected chi connectivity index (χ0v) is 17.4. The van der Waals surface area contributed by atoms with Gasteiger partial charge < -0.3 is 15.0 Å². The highest BCUT2D eigenvalue weighted by molar-refractivity contribution is 5.77. The van der Waals surface area contributed by atoms with E-state index in [-0.39, 0.29) is 11.1 Å². The molecule has 4 rings (SSSR count). The molecule has 3 heterocycles. The lowest BCUT2D eigenvalue weighted by Crippen LogP contribution is -2.41. The maximum absolute atomic E-state index is 13.2. The summed E-state index contributed by atoms with van der Waals surface area (Å²) in [4.78, 5) is 30.9. The first-order valence-corrected chi connectivity index (χ1v) is 10.1. The minimum Gasteiger partial charge on any atom is -0.393 e. The van der Waals surface area contributed by atoms with Crippen LogP contribution in [-0.4, -0.2) is 61.0 Å². The van der Waals surface area contributed by atoms with E-state index in [4.69, 9.17) is 0 Å². The molecule has 0 radical (unpaired) electrons. The number of likely N-dealkylation sites (tertiary alicyclic amines) is 1. The molecule has 2 N–H and O–H groups in total. The van der Waals surface area contributed by atoms with E-state index in [0.717, 1.165) is 0 Å². The molecule has 1 aliphatic rings. The van der Waals surface area contributed by atoms with Gasteiger partial charge in [0, 0.05) is 26.6 Å². The number of aromatic amines is 1. The number of rotatable bonds is 3. The predicted octanol–water partition coefficient (Wildman–Crippen LogP) is 2.36. The Morgan fingerprint density at radius 3 is 2.50 bits per heavy atom. The Balaban J connectivity index is 0.000000219. The molecule has 2 aromatic heterocycles. The van der Waals surface area contributed by atoms with Crippen LogP contribution in [0, 0.1) is 0 Å². The second-order valence-corrected chi connectivity index (χ2v) is 7.59. The summed E-state index contributed by atoms with van der Waals surface area (Å²) in [6, 6.07) is 7.51. The molecule has 1 amide bonds. The third-order valence-electron chi connectivity index (χ3n) is 5.22. The topological polar surface area (TPSA) is 104 Å². The Bertz CT molecular complexity index is 1090. The first-order chi connectivity index (χ1) is 15.1. The van der Waals surface area contributed by atoms with E-state index in [1.807, 2.05) is 0 Å². The van der Waals surface area contributed by atoms with Gasteiger partial charge in [-0.05, 0) is 18.4 Å². The minimum absolute atomic E-state index is 0.107. The summed E-state index contributed by atoms with van der Waals surface area (Å²) < 4.78 is 41.1. The number of hydrogen-bond donors (Lipinski definition) is 2. The van der Waals surface area contributed by atoms with Crippen LogP contribution in [0.2, 0.25) is 0 Å². The number of hydrogen-bond acceptors (Lipinski definition) is 5. The fraction of sp³-hybridized carbons (Fsp3) is 0.429. The van der Waals surface area contributed by atoms with Gasteiger partial charge in [0.1, 0.15) is 5.52 Å². The molecule has 1 fully saturated rings. The molecule has 0 aliphatic carbocycles. The smallest absolute Gasteiger partial charge is 0.393 e. The fourth-order valence-electron chi connectivity index (χ4n) is 3.49. The second-order valence-electron chi connectivity index (χ2n) is 7.59. The number of nitrogens with zero attached hydrogens (tertiary/aromatic N) is 4. The van der Waals surface area contributed by atoms with Crippen LogP contribution >= 0.6 is 0 Å². The van der Waals surface area contributed by atoms with Crippen LogP contribution in [0.3, 0.4) is 0 Å². The number of aliphatic hydroxyl groups is 1. The average molecular weight is 451 g/mol. The van der Waals surface area contributed by atoms with Crippen LogP contribution in [0.25, 0.3) is 11.0 Å². The summed E-state index contributed by atoms with van der Waals surface area (Å²) >= 11 is 0. The average Bonchev–Trinajstić information content (AvgIpc) is 3.14. The number of carbonyl (C=O) groups is 1. The molecule has 32 heavy (non-hydrogen) atoms. The highest BCUT2D eigenvalue weighted by atomic mass is 19.4. The Morgan fingerprint density at radius 2 is 1.91 bits per heavy atom. The molecule has 1 atom stereocenters. The van der Waals surface area contributed by atoms with Crippen molar-refractivity contribution in [3.8, 4) is 0 Å². The molecule has 0 saturated carbocycles.